The third-order valence-electron chi connectivity index (χ3n) is 2.27. The third kappa shape index (κ3) is 3.04. The Morgan fingerprint density at radius 1 is 1.41 bits per heavy atom. The number of amides is 1. The highest BCUT2D eigenvalue weighted by Gasteiger charge is 2.05. The summed E-state index contributed by atoms with van der Waals surface area (Å²) in [5.74, 6) is 0.277. The number of hydrogen-bond acceptors (Lipinski definition) is 4. The minimum atomic E-state index is -0.136. The van der Waals surface area contributed by atoms with Gasteiger partial charge >= 0.3 is 0 Å². The number of thiophene rings is 1. The average molecular weight is 247 g/mol. The predicted molar refractivity (Wildman–Crippen MR) is 68.9 cm³/mol. The first-order valence-corrected chi connectivity index (χ1v) is 6.02. The van der Waals surface area contributed by atoms with Gasteiger partial charge in [0.2, 0.25) is 0 Å². The molecule has 3 N–H and O–H groups in total. The van der Waals surface area contributed by atoms with Crippen LogP contribution in [0.2, 0.25) is 0 Å². The standard InChI is InChI=1S/C12H13N3OS/c1-8-2-4-10(17-8)7-15-12(16)9-3-5-11(13)14-6-9/h2-6H,7H2,1H3,(H2,13,14)(H,15,16). The van der Waals surface area contributed by atoms with Crippen LogP contribution in [0, 0.1) is 6.92 Å². The van der Waals surface area contributed by atoms with Crippen molar-refractivity contribution in [2.75, 3.05) is 5.73 Å². The van der Waals surface area contributed by atoms with Gasteiger partial charge in [-0.05, 0) is 31.2 Å². The predicted octanol–water partition coefficient (Wildman–Crippen LogP) is 1.96. The first kappa shape index (κ1) is 11.6. The van der Waals surface area contributed by atoms with E-state index in [0.717, 1.165) is 4.88 Å². The molecule has 0 aliphatic carbocycles. The van der Waals surface area contributed by atoms with Gasteiger partial charge in [-0.15, -0.1) is 11.3 Å². The summed E-state index contributed by atoms with van der Waals surface area (Å²) in [6.07, 6.45) is 1.48. The maximum absolute atomic E-state index is 11.7. The molecule has 2 aromatic heterocycles. The lowest BCUT2D eigenvalue weighted by atomic mass is 10.2. The van der Waals surface area contributed by atoms with Crippen LogP contribution in [-0.4, -0.2) is 10.9 Å². The van der Waals surface area contributed by atoms with Crippen LogP contribution in [0.1, 0.15) is 20.1 Å². The Labute approximate surface area is 103 Å². The number of nitrogen functional groups attached to an aromatic ring is 1. The molecule has 5 heteroatoms. The highest BCUT2D eigenvalue weighted by molar-refractivity contribution is 7.11. The summed E-state index contributed by atoms with van der Waals surface area (Å²) in [7, 11) is 0. The molecule has 0 fully saturated rings. The van der Waals surface area contributed by atoms with Crippen molar-refractivity contribution in [1.82, 2.24) is 10.3 Å². The van der Waals surface area contributed by atoms with Gasteiger partial charge in [0.25, 0.3) is 5.91 Å². The van der Waals surface area contributed by atoms with Crippen LogP contribution in [0.15, 0.2) is 30.5 Å². The van der Waals surface area contributed by atoms with E-state index in [-0.39, 0.29) is 5.91 Å². The van der Waals surface area contributed by atoms with Crippen LogP contribution in [0.3, 0.4) is 0 Å². The summed E-state index contributed by atoms with van der Waals surface area (Å²) < 4.78 is 0. The molecule has 1 amide bonds. The van der Waals surface area contributed by atoms with Crippen LogP contribution in [0.5, 0.6) is 0 Å². The molecule has 0 saturated carbocycles. The Morgan fingerprint density at radius 2 is 2.24 bits per heavy atom. The van der Waals surface area contributed by atoms with E-state index in [1.165, 1.54) is 11.1 Å². The van der Waals surface area contributed by atoms with Crippen LogP contribution in [0.25, 0.3) is 0 Å². The number of anilines is 1. The molecule has 0 unspecified atom stereocenters. The molecule has 0 aliphatic rings. The Balaban J connectivity index is 1.95. The first-order chi connectivity index (χ1) is 8.15. The van der Waals surface area contributed by atoms with Gasteiger partial charge in [-0.1, -0.05) is 0 Å². The van der Waals surface area contributed by atoms with Gasteiger partial charge in [0.15, 0.2) is 0 Å². The Kier molecular flexibility index (Phi) is 3.39. The maximum Gasteiger partial charge on any atom is 0.253 e. The zero-order chi connectivity index (χ0) is 12.3. The number of hydrogen-bond donors (Lipinski definition) is 2. The van der Waals surface area contributed by atoms with Gasteiger partial charge in [-0.25, -0.2) is 4.98 Å². The van der Waals surface area contributed by atoms with E-state index in [9.17, 15) is 4.79 Å². The molecule has 0 bridgehead atoms. The second-order valence-corrected chi connectivity index (χ2v) is 5.04. The molecule has 17 heavy (non-hydrogen) atoms. The molecular weight excluding hydrogens is 234 g/mol. The summed E-state index contributed by atoms with van der Waals surface area (Å²) in [5, 5.41) is 2.84. The fourth-order valence-corrected chi connectivity index (χ4v) is 2.22. The van der Waals surface area contributed by atoms with Crippen LogP contribution in [0.4, 0.5) is 5.82 Å². The average Bonchev–Trinajstić information content (AvgIpc) is 2.73. The summed E-state index contributed by atoms with van der Waals surface area (Å²) in [4.78, 5) is 18.0. The topological polar surface area (TPSA) is 68.0 Å². The van der Waals surface area contributed by atoms with Gasteiger partial charge in [0.1, 0.15) is 5.82 Å². The number of nitrogens with zero attached hydrogens (tertiary/aromatic N) is 1. The molecule has 2 aromatic rings. The van der Waals surface area contributed by atoms with Crippen LogP contribution in [-0.2, 0) is 6.54 Å². The number of pyridine rings is 1. The molecule has 4 nitrogen and oxygen atoms in total. The number of carbonyl (C=O) groups is 1. The van der Waals surface area contributed by atoms with Crippen molar-refractivity contribution in [3.05, 3.63) is 45.8 Å². The Bertz CT molecular complexity index is 519. The minimum Gasteiger partial charge on any atom is -0.384 e. The molecule has 0 radical (unpaired) electrons. The Hall–Kier alpha value is -1.88. The van der Waals surface area contributed by atoms with Crippen LogP contribution < -0.4 is 11.1 Å². The smallest absolute Gasteiger partial charge is 0.253 e. The zero-order valence-electron chi connectivity index (χ0n) is 9.43. The molecule has 0 saturated heterocycles. The van der Waals surface area contributed by atoms with Crippen molar-refractivity contribution >= 4 is 23.1 Å². The molecule has 0 aromatic carbocycles. The monoisotopic (exact) mass is 247 g/mol. The highest BCUT2D eigenvalue weighted by Crippen LogP contribution is 2.14. The summed E-state index contributed by atoms with van der Waals surface area (Å²) in [6, 6.07) is 7.33. The number of carbonyl (C=O) groups excluding carboxylic acids is 1. The molecule has 2 heterocycles. The number of aromatic nitrogens is 1. The van der Waals surface area contributed by atoms with Crippen molar-refractivity contribution in [2.45, 2.75) is 13.5 Å². The summed E-state index contributed by atoms with van der Waals surface area (Å²) in [6.45, 7) is 2.58. The number of rotatable bonds is 3. The molecular formula is C12H13N3OS. The van der Waals surface area contributed by atoms with Gasteiger partial charge in [-0.2, -0.15) is 0 Å². The van der Waals surface area contributed by atoms with Crippen molar-refractivity contribution in [1.29, 1.82) is 0 Å². The lowest BCUT2D eigenvalue weighted by Crippen LogP contribution is -2.22. The van der Waals surface area contributed by atoms with Gasteiger partial charge in [-0.3, -0.25) is 4.79 Å². The fourth-order valence-electron chi connectivity index (χ4n) is 1.39. The maximum atomic E-state index is 11.7. The van der Waals surface area contributed by atoms with Crippen molar-refractivity contribution < 1.29 is 4.79 Å². The fraction of sp³-hybridized carbons (Fsp3) is 0.167. The zero-order valence-corrected chi connectivity index (χ0v) is 10.3. The van der Waals surface area contributed by atoms with E-state index in [4.69, 9.17) is 5.73 Å². The quantitative estimate of drug-likeness (QED) is 0.871. The summed E-state index contributed by atoms with van der Waals surface area (Å²) in [5.41, 5.74) is 5.97. The molecule has 0 aliphatic heterocycles. The highest BCUT2D eigenvalue weighted by atomic mass is 32.1. The lowest BCUT2D eigenvalue weighted by molar-refractivity contribution is 0.0951. The number of nitrogens with two attached hydrogens (primary N) is 1. The molecule has 2 rings (SSSR count). The molecule has 88 valence electrons. The van der Waals surface area contributed by atoms with E-state index >= 15 is 0 Å². The van der Waals surface area contributed by atoms with Crippen molar-refractivity contribution in [3.8, 4) is 0 Å². The van der Waals surface area contributed by atoms with E-state index in [0.29, 0.717) is 17.9 Å². The van der Waals surface area contributed by atoms with E-state index < -0.39 is 0 Å². The SMILES string of the molecule is Cc1ccc(CNC(=O)c2ccc(N)nc2)s1. The number of aryl methyl sites for hydroxylation is 1. The van der Waals surface area contributed by atoms with E-state index in [1.54, 1.807) is 23.5 Å². The molecule has 0 atom stereocenters. The van der Waals surface area contributed by atoms with Gasteiger partial charge in [0.05, 0.1) is 12.1 Å². The summed E-state index contributed by atoms with van der Waals surface area (Å²) >= 11 is 1.68. The van der Waals surface area contributed by atoms with Gasteiger partial charge in [0, 0.05) is 16.0 Å². The number of nitrogens with one attached hydrogen (secondary N) is 1. The van der Waals surface area contributed by atoms with Crippen molar-refractivity contribution in [3.63, 3.8) is 0 Å². The second-order valence-electron chi connectivity index (χ2n) is 3.67. The first-order valence-electron chi connectivity index (χ1n) is 5.20. The minimum absolute atomic E-state index is 0.136. The largest absolute Gasteiger partial charge is 0.384 e. The van der Waals surface area contributed by atoms with E-state index in [1.807, 2.05) is 19.1 Å². The molecule has 0 spiro atoms. The Morgan fingerprint density at radius 3 is 2.82 bits per heavy atom. The normalized spacial score (nSPS) is 10.2. The second kappa shape index (κ2) is 4.97. The third-order valence-corrected chi connectivity index (χ3v) is 3.27. The lowest BCUT2D eigenvalue weighted by Gasteiger charge is -2.03. The van der Waals surface area contributed by atoms with Gasteiger partial charge < -0.3 is 11.1 Å². The van der Waals surface area contributed by atoms with Crippen LogP contribution >= 0.6 is 11.3 Å². The van der Waals surface area contributed by atoms with E-state index in [2.05, 4.69) is 10.3 Å². The van der Waals surface area contributed by atoms with Crippen molar-refractivity contribution in [2.24, 2.45) is 0 Å².